The van der Waals surface area contributed by atoms with Crippen LogP contribution >= 0.6 is 0 Å². The zero-order valence-electron chi connectivity index (χ0n) is 10.8. The molecule has 0 bridgehead atoms. The Morgan fingerprint density at radius 2 is 2.32 bits per heavy atom. The third-order valence-corrected chi connectivity index (χ3v) is 3.07. The monoisotopic (exact) mass is 263 g/mol. The maximum Gasteiger partial charge on any atom is 0.268 e. The molecular weight excluding hydrogens is 246 g/mol. The summed E-state index contributed by atoms with van der Waals surface area (Å²) >= 11 is 0. The van der Waals surface area contributed by atoms with E-state index in [0.717, 1.165) is 13.0 Å². The molecule has 0 spiro atoms. The average Bonchev–Trinajstić information content (AvgIpc) is 2.81. The number of carbonyl (C=O) groups is 3. The molecule has 6 nitrogen and oxygen atoms in total. The second kappa shape index (κ2) is 5.69. The van der Waals surface area contributed by atoms with Gasteiger partial charge in [-0.25, -0.2) is 0 Å². The molecule has 19 heavy (non-hydrogen) atoms. The fourth-order valence-electron chi connectivity index (χ4n) is 2.12. The molecule has 1 unspecified atom stereocenters. The van der Waals surface area contributed by atoms with Gasteiger partial charge >= 0.3 is 0 Å². The Morgan fingerprint density at radius 3 is 3.00 bits per heavy atom. The maximum absolute atomic E-state index is 12.1. The van der Waals surface area contributed by atoms with Gasteiger partial charge in [-0.3, -0.25) is 19.7 Å². The largest absolute Gasteiger partial charge is 0.344 e. The number of aryl methyl sites for hydroxylation is 1. The normalized spacial score (nSPS) is 19.1. The van der Waals surface area contributed by atoms with Gasteiger partial charge in [0.1, 0.15) is 11.7 Å². The average molecular weight is 263 g/mol. The van der Waals surface area contributed by atoms with Crippen molar-refractivity contribution in [2.75, 3.05) is 0 Å². The van der Waals surface area contributed by atoms with Crippen LogP contribution in [0.15, 0.2) is 18.3 Å². The van der Waals surface area contributed by atoms with Crippen LogP contribution in [-0.4, -0.2) is 28.3 Å². The Labute approximate surface area is 111 Å². The van der Waals surface area contributed by atoms with E-state index in [9.17, 15) is 14.4 Å². The van der Waals surface area contributed by atoms with E-state index < -0.39 is 11.9 Å². The quantitative estimate of drug-likeness (QED) is 0.773. The highest BCUT2D eigenvalue weighted by atomic mass is 16.2. The predicted octanol–water partition coefficient (Wildman–Crippen LogP) is 0.433. The molecule has 1 aliphatic rings. The zero-order valence-corrected chi connectivity index (χ0v) is 10.8. The fraction of sp³-hybridized carbons (Fsp3) is 0.462. The molecule has 2 rings (SSSR count). The summed E-state index contributed by atoms with van der Waals surface area (Å²) in [6.45, 7) is 2.78. The molecular formula is C13H17N3O3. The van der Waals surface area contributed by atoms with Gasteiger partial charge in [0.25, 0.3) is 5.91 Å². The predicted molar refractivity (Wildman–Crippen MR) is 68.4 cm³/mol. The molecule has 1 fully saturated rings. The molecule has 1 saturated heterocycles. The molecule has 102 valence electrons. The van der Waals surface area contributed by atoms with Crippen LogP contribution in [0.3, 0.4) is 0 Å². The van der Waals surface area contributed by atoms with Gasteiger partial charge in [0.2, 0.25) is 11.8 Å². The number of nitrogens with one attached hydrogen (secondary N) is 2. The molecule has 2 N–H and O–H groups in total. The first-order valence-corrected chi connectivity index (χ1v) is 6.41. The van der Waals surface area contributed by atoms with Crippen molar-refractivity contribution in [3.63, 3.8) is 0 Å². The second-order valence-electron chi connectivity index (χ2n) is 4.56. The highest BCUT2D eigenvalue weighted by molar-refractivity contribution is 6.03. The third kappa shape index (κ3) is 3.01. The van der Waals surface area contributed by atoms with Crippen LogP contribution in [0.2, 0.25) is 0 Å². The highest BCUT2D eigenvalue weighted by Gasteiger charge is 2.28. The van der Waals surface area contributed by atoms with Crippen LogP contribution in [0.25, 0.3) is 0 Å². The number of nitrogens with zero attached hydrogens (tertiary/aromatic N) is 1. The van der Waals surface area contributed by atoms with Crippen molar-refractivity contribution < 1.29 is 14.4 Å². The molecule has 0 aromatic carbocycles. The summed E-state index contributed by atoms with van der Waals surface area (Å²) in [7, 11) is 0. The van der Waals surface area contributed by atoms with E-state index in [-0.39, 0.29) is 18.2 Å². The van der Waals surface area contributed by atoms with Crippen LogP contribution in [0.4, 0.5) is 0 Å². The number of aromatic nitrogens is 1. The summed E-state index contributed by atoms with van der Waals surface area (Å²) in [6.07, 6.45) is 3.37. The molecule has 0 radical (unpaired) electrons. The topological polar surface area (TPSA) is 80.2 Å². The summed E-state index contributed by atoms with van der Waals surface area (Å²) in [4.78, 5) is 34.7. The lowest BCUT2D eigenvalue weighted by Gasteiger charge is -2.22. The van der Waals surface area contributed by atoms with Crippen molar-refractivity contribution >= 4 is 17.7 Å². The van der Waals surface area contributed by atoms with Gasteiger partial charge in [-0.05, 0) is 25.0 Å². The maximum atomic E-state index is 12.1. The van der Waals surface area contributed by atoms with Gasteiger partial charge in [0, 0.05) is 19.2 Å². The van der Waals surface area contributed by atoms with Crippen LogP contribution < -0.4 is 10.6 Å². The minimum atomic E-state index is -0.629. The summed E-state index contributed by atoms with van der Waals surface area (Å²) in [5, 5.41) is 4.89. The second-order valence-corrected chi connectivity index (χ2v) is 4.56. The van der Waals surface area contributed by atoms with E-state index >= 15 is 0 Å². The smallest absolute Gasteiger partial charge is 0.268 e. The Hall–Kier alpha value is -2.11. The minimum Gasteiger partial charge on any atom is -0.344 e. The number of rotatable bonds is 4. The summed E-state index contributed by atoms with van der Waals surface area (Å²) in [6, 6.07) is 2.89. The summed E-state index contributed by atoms with van der Waals surface area (Å²) in [5.74, 6) is -1.00. The molecule has 0 saturated carbocycles. The lowest BCUT2D eigenvalue weighted by atomic mass is 10.1. The van der Waals surface area contributed by atoms with Gasteiger partial charge in [0.05, 0.1) is 0 Å². The first-order chi connectivity index (χ1) is 9.11. The number of imide groups is 1. The summed E-state index contributed by atoms with van der Waals surface area (Å²) in [5.41, 5.74) is 0.534. The molecule has 2 heterocycles. The van der Waals surface area contributed by atoms with Gasteiger partial charge in [-0.1, -0.05) is 6.92 Å². The van der Waals surface area contributed by atoms with Crippen LogP contribution in [-0.2, 0) is 16.1 Å². The molecule has 0 aliphatic carbocycles. The van der Waals surface area contributed by atoms with Crippen LogP contribution in [0.1, 0.15) is 36.7 Å². The van der Waals surface area contributed by atoms with Crippen molar-refractivity contribution in [2.45, 2.75) is 38.8 Å². The molecule has 1 aromatic heterocycles. The molecule has 6 heteroatoms. The highest BCUT2D eigenvalue weighted by Crippen LogP contribution is 2.08. The number of hydrogen-bond acceptors (Lipinski definition) is 3. The summed E-state index contributed by atoms with van der Waals surface area (Å²) < 4.78 is 1.85. The zero-order chi connectivity index (χ0) is 13.8. The SMILES string of the molecule is CCCn1cccc1C(=O)NC1CCC(=O)NC1=O. The standard InChI is InChI=1S/C13H17N3O3/c1-2-7-16-8-3-4-10(16)13(19)14-9-5-6-11(17)15-12(9)18/h3-4,8-9H,2,5-7H2,1H3,(H,14,19)(H,15,17,18). The Kier molecular flexibility index (Phi) is 3.99. The van der Waals surface area contributed by atoms with Crippen LogP contribution in [0.5, 0.6) is 0 Å². The van der Waals surface area contributed by atoms with Crippen molar-refractivity contribution in [3.05, 3.63) is 24.0 Å². The third-order valence-electron chi connectivity index (χ3n) is 3.07. The van der Waals surface area contributed by atoms with E-state index in [1.54, 1.807) is 12.1 Å². The van der Waals surface area contributed by atoms with Crippen molar-refractivity contribution in [1.82, 2.24) is 15.2 Å². The van der Waals surface area contributed by atoms with E-state index in [2.05, 4.69) is 10.6 Å². The van der Waals surface area contributed by atoms with Gasteiger partial charge in [-0.15, -0.1) is 0 Å². The lowest BCUT2D eigenvalue weighted by molar-refractivity contribution is -0.134. The van der Waals surface area contributed by atoms with E-state index in [1.165, 1.54) is 0 Å². The van der Waals surface area contributed by atoms with Crippen molar-refractivity contribution in [3.8, 4) is 0 Å². The van der Waals surface area contributed by atoms with Crippen molar-refractivity contribution in [2.24, 2.45) is 0 Å². The Morgan fingerprint density at radius 1 is 1.53 bits per heavy atom. The van der Waals surface area contributed by atoms with Crippen LogP contribution in [0, 0.1) is 0 Å². The van der Waals surface area contributed by atoms with Crippen molar-refractivity contribution in [1.29, 1.82) is 0 Å². The van der Waals surface area contributed by atoms with Gasteiger partial charge in [0.15, 0.2) is 0 Å². The number of amides is 3. The Bertz CT molecular complexity index is 507. The van der Waals surface area contributed by atoms with Gasteiger partial charge in [-0.2, -0.15) is 0 Å². The first kappa shape index (κ1) is 13.3. The Balaban J connectivity index is 2.02. The van der Waals surface area contributed by atoms with E-state index in [0.29, 0.717) is 12.1 Å². The minimum absolute atomic E-state index is 0.257. The molecule has 1 aromatic rings. The molecule has 3 amide bonds. The molecule has 1 aliphatic heterocycles. The fourth-order valence-corrected chi connectivity index (χ4v) is 2.12. The number of carbonyl (C=O) groups excluding carboxylic acids is 3. The van der Waals surface area contributed by atoms with E-state index in [4.69, 9.17) is 0 Å². The first-order valence-electron chi connectivity index (χ1n) is 6.41. The van der Waals surface area contributed by atoms with E-state index in [1.807, 2.05) is 17.7 Å². The molecule has 1 atom stereocenters. The van der Waals surface area contributed by atoms with Gasteiger partial charge < -0.3 is 9.88 Å². The lowest BCUT2D eigenvalue weighted by Crippen LogP contribution is -2.52. The number of piperidine rings is 1. The number of hydrogen-bond donors (Lipinski definition) is 2.